The van der Waals surface area contributed by atoms with Gasteiger partial charge in [-0.15, -0.1) is 0 Å². The molecule has 4 heteroatoms. The van der Waals surface area contributed by atoms with E-state index in [4.69, 9.17) is 7.85 Å². The minimum absolute atomic E-state index is 0.0673. The van der Waals surface area contributed by atoms with Crippen molar-refractivity contribution in [3.8, 4) is 0 Å². The van der Waals surface area contributed by atoms with Crippen molar-refractivity contribution >= 4 is 7.85 Å². The fraction of sp³-hybridized carbons (Fsp3) is 0.727. The Morgan fingerprint density at radius 1 is 1.27 bits per heavy atom. The van der Waals surface area contributed by atoms with Crippen LogP contribution >= 0.6 is 0 Å². The van der Waals surface area contributed by atoms with Gasteiger partial charge in [0.1, 0.15) is 0 Å². The lowest BCUT2D eigenvalue weighted by Gasteiger charge is -2.22. The van der Waals surface area contributed by atoms with Crippen molar-refractivity contribution < 1.29 is 0 Å². The summed E-state index contributed by atoms with van der Waals surface area (Å²) in [5, 5.41) is -0.170. The lowest BCUT2D eigenvalue weighted by atomic mass is 9.65. The molecule has 0 saturated heterocycles. The highest BCUT2D eigenvalue weighted by Crippen LogP contribution is 2.36. The normalized spacial score (nSPS) is 26.1. The van der Waals surface area contributed by atoms with E-state index in [1.54, 1.807) is 9.13 Å². The van der Waals surface area contributed by atoms with Crippen molar-refractivity contribution in [3.05, 3.63) is 21.9 Å². The minimum Gasteiger partial charge on any atom is -0.299 e. The molecule has 0 N–H and O–H groups in total. The third-order valence-electron chi connectivity index (χ3n) is 3.45. The Kier molecular flexibility index (Phi) is 2.32. The first-order valence-corrected chi connectivity index (χ1v) is 5.45. The average molecular weight is 204 g/mol. The summed E-state index contributed by atoms with van der Waals surface area (Å²) in [6.45, 7) is 2.07. The first-order chi connectivity index (χ1) is 6.92. The van der Waals surface area contributed by atoms with E-state index in [0.717, 1.165) is 37.1 Å². The van der Waals surface area contributed by atoms with Gasteiger partial charge in [-0.25, -0.2) is 4.79 Å². The third kappa shape index (κ3) is 1.66. The van der Waals surface area contributed by atoms with Gasteiger partial charge in [0.2, 0.25) is 0 Å². The second-order valence-corrected chi connectivity index (χ2v) is 4.98. The van der Waals surface area contributed by atoms with E-state index in [-0.39, 0.29) is 11.0 Å². The van der Waals surface area contributed by atoms with Gasteiger partial charge >= 0.3 is 5.69 Å². The van der Waals surface area contributed by atoms with Crippen LogP contribution in [0.4, 0.5) is 0 Å². The maximum atomic E-state index is 11.8. The van der Waals surface area contributed by atoms with Crippen molar-refractivity contribution in [2.24, 2.45) is 14.1 Å². The molecule has 1 atom stereocenters. The first kappa shape index (κ1) is 10.6. The summed E-state index contributed by atoms with van der Waals surface area (Å²) < 4.78 is 3.50. The molecule has 0 spiro atoms. The molecule has 3 nitrogen and oxygen atoms in total. The van der Waals surface area contributed by atoms with Gasteiger partial charge in [-0.2, -0.15) is 0 Å². The molecule has 15 heavy (non-hydrogen) atoms. The lowest BCUT2D eigenvalue weighted by Crippen LogP contribution is -2.22. The summed E-state index contributed by atoms with van der Waals surface area (Å²) in [5.41, 5.74) is 2.35. The zero-order valence-corrected chi connectivity index (χ0v) is 9.71. The Hall–Kier alpha value is -0.925. The summed E-state index contributed by atoms with van der Waals surface area (Å²) in [6.07, 6.45) is 3.86. The van der Waals surface area contributed by atoms with Crippen LogP contribution in [-0.2, 0) is 26.9 Å². The number of hydrogen-bond acceptors (Lipinski definition) is 1. The highest BCUT2D eigenvalue weighted by molar-refractivity contribution is 6.15. The molecule has 0 fully saturated rings. The van der Waals surface area contributed by atoms with Gasteiger partial charge in [-0.1, -0.05) is 18.7 Å². The van der Waals surface area contributed by atoms with Crippen molar-refractivity contribution in [1.29, 1.82) is 0 Å². The molecule has 2 rings (SSSR count). The van der Waals surface area contributed by atoms with E-state index >= 15 is 0 Å². The highest BCUT2D eigenvalue weighted by Gasteiger charge is 2.27. The monoisotopic (exact) mass is 204 g/mol. The number of nitrogens with zero attached hydrogens (tertiary/aromatic N) is 2. The van der Waals surface area contributed by atoms with Crippen molar-refractivity contribution in [3.63, 3.8) is 0 Å². The molecule has 0 amide bonds. The zero-order valence-electron chi connectivity index (χ0n) is 9.71. The molecule has 1 heterocycles. The second kappa shape index (κ2) is 3.29. The molecule has 1 aromatic rings. The van der Waals surface area contributed by atoms with Crippen LogP contribution in [0.2, 0.25) is 5.31 Å². The number of aromatic nitrogens is 2. The van der Waals surface area contributed by atoms with E-state index in [1.807, 2.05) is 14.1 Å². The van der Waals surface area contributed by atoms with Crippen LogP contribution in [0, 0.1) is 0 Å². The summed E-state index contributed by atoms with van der Waals surface area (Å²) >= 11 is 0. The maximum absolute atomic E-state index is 11.8. The van der Waals surface area contributed by atoms with Crippen LogP contribution in [0.15, 0.2) is 4.79 Å². The highest BCUT2D eigenvalue weighted by atomic mass is 16.1. The molecule has 0 bridgehead atoms. The molecule has 1 unspecified atom stereocenters. The molecule has 0 aliphatic heterocycles. The zero-order chi connectivity index (χ0) is 11.2. The maximum Gasteiger partial charge on any atom is 0.328 e. The van der Waals surface area contributed by atoms with E-state index in [9.17, 15) is 4.79 Å². The van der Waals surface area contributed by atoms with Gasteiger partial charge in [-0.3, -0.25) is 9.13 Å². The standard InChI is InChI=1S/C11H17BN2O/c1-11(12)6-4-5-8-9(7-11)14(3)10(15)13(8)2/h4-7H2,1-3H3. The van der Waals surface area contributed by atoms with Gasteiger partial charge in [0, 0.05) is 25.5 Å². The first-order valence-electron chi connectivity index (χ1n) is 5.45. The Morgan fingerprint density at radius 3 is 2.53 bits per heavy atom. The Morgan fingerprint density at radius 2 is 1.87 bits per heavy atom. The predicted molar refractivity (Wildman–Crippen MR) is 61.4 cm³/mol. The average Bonchev–Trinajstić information content (AvgIpc) is 2.35. The molecular formula is C11H17BN2O. The summed E-state index contributed by atoms with van der Waals surface area (Å²) in [4.78, 5) is 11.8. The van der Waals surface area contributed by atoms with E-state index in [0.29, 0.717) is 0 Å². The quantitative estimate of drug-likeness (QED) is 0.456. The number of imidazole rings is 1. The third-order valence-corrected chi connectivity index (χ3v) is 3.45. The predicted octanol–water partition coefficient (Wildman–Crippen LogP) is 0.950. The van der Waals surface area contributed by atoms with E-state index in [2.05, 4.69) is 6.92 Å². The van der Waals surface area contributed by atoms with Crippen LogP contribution in [0.1, 0.15) is 31.2 Å². The molecule has 2 radical (unpaired) electrons. The molecule has 1 aliphatic carbocycles. The van der Waals surface area contributed by atoms with E-state index in [1.165, 1.54) is 0 Å². The molecule has 1 aliphatic rings. The smallest absolute Gasteiger partial charge is 0.299 e. The fourth-order valence-corrected chi connectivity index (χ4v) is 2.51. The number of fused-ring (bicyclic) bond motifs is 1. The number of rotatable bonds is 0. The molecule has 80 valence electrons. The van der Waals surface area contributed by atoms with Crippen LogP contribution in [0.5, 0.6) is 0 Å². The molecule has 1 aromatic heterocycles. The summed E-state index contributed by atoms with van der Waals surface area (Å²) in [5.74, 6) is 0. The van der Waals surface area contributed by atoms with Crippen molar-refractivity contribution in [1.82, 2.24) is 9.13 Å². The molecule has 0 saturated carbocycles. The largest absolute Gasteiger partial charge is 0.328 e. The van der Waals surface area contributed by atoms with Crippen molar-refractivity contribution in [2.75, 3.05) is 0 Å². The Labute approximate surface area is 91.5 Å². The van der Waals surface area contributed by atoms with Gasteiger partial charge in [0.25, 0.3) is 0 Å². The van der Waals surface area contributed by atoms with Crippen LogP contribution in [0.3, 0.4) is 0 Å². The summed E-state index contributed by atoms with van der Waals surface area (Å²) in [6, 6.07) is 0. The topological polar surface area (TPSA) is 26.9 Å². The molecular weight excluding hydrogens is 187 g/mol. The van der Waals surface area contributed by atoms with Gasteiger partial charge in [0.15, 0.2) is 0 Å². The Balaban J connectivity index is 2.57. The molecule has 0 aromatic carbocycles. The lowest BCUT2D eigenvalue weighted by molar-refractivity contribution is 0.534. The summed E-state index contributed by atoms with van der Waals surface area (Å²) in [7, 11) is 9.88. The minimum atomic E-state index is -0.170. The second-order valence-electron chi connectivity index (χ2n) is 4.98. The van der Waals surface area contributed by atoms with Gasteiger partial charge in [0.05, 0.1) is 7.85 Å². The van der Waals surface area contributed by atoms with Crippen LogP contribution in [-0.4, -0.2) is 17.0 Å². The number of hydrogen-bond donors (Lipinski definition) is 0. The SMILES string of the molecule is [B]C1(C)CCCc2c(n(C)c(=O)n2C)C1. The van der Waals surface area contributed by atoms with E-state index < -0.39 is 0 Å². The fourth-order valence-electron chi connectivity index (χ4n) is 2.51. The van der Waals surface area contributed by atoms with Gasteiger partial charge < -0.3 is 0 Å². The van der Waals surface area contributed by atoms with Crippen LogP contribution in [0.25, 0.3) is 0 Å². The van der Waals surface area contributed by atoms with Crippen LogP contribution < -0.4 is 5.69 Å². The van der Waals surface area contributed by atoms with Crippen molar-refractivity contribution in [2.45, 2.75) is 37.9 Å². The Bertz CT molecular complexity index is 442. The van der Waals surface area contributed by atoms with Gasteiger partial charge in [-0.05, 0) is 19.3 Å².